The molecule has 0 saturated carbocycles. The van der Waals surface area contributed by atoms with Gasteiger partial charge in [0.05, 0.1) is 0 Å². The number of rotatable bonds is 5. The first-order valence-corrected chi connectivity index (χ1v) is 4.62. The SMILES string of the molecule is CC[C@@H](C)[C@H](C)C(C)CC=N. The molecule has 0 heterocycles. The van der Waals surface area contributed by atoms with Crippen molar-refractivity contribution < 1.29 is 0 Å². The lowest BCUT2D eigenvalue weighted by atomic mass is 9.82. The topological polar surface area (TPSA) is 23.9 Å². The van der Waals surface area contributed by atoms with E-state index < -0.39 is 0 Å². The van der Waals surface area contributed by atoms with Crippen LogP contribution in [0.15, 0.2) is 0 Å². The van der Waals surface area contributed by atoms with Gasteiger partial charge < -0.3 is 5.41 Å². The summed E-state index contributed by atoms with van der Waals surface area (Å²) in [6, 6.07) is 0. The van der Waals surface area contributed by atoms with Crippen molar-refractivity contribution >= 4 is 6.21 Å². The number of hydrogen-bond donors (Lipinski definition) is 1. The summed E-state index contributed by atoms with van der Waals surface area (Å²) >= 11 is 0. The average Bonchev–Trinajstić information content (AvgIpc) is 2.02. The molecule has 0 rings (SSSR count). The van der Waals surface area contributed by atoms with Gasteiger partial charge in [0, 0.05) is 0 Å². The highest BCUT2D eigenvalue weighted by molar-refractivity contribution is 5.53. The highest BCUT2D eigenvalue weighted by Gasteiger charge is 2.16. The quantitative estimate of drug-likeness (QED) is 0.589. The van der Waals surface area contributed by atoms with Crippen LogP contribution in [0.4, 0.5) is 0 Å². The van der Waals surface area contributed by atoms with E-state index in [1.807, 2.05) is 0 Å². The lowest BCUT2D eigenvalue weighted by molar-refractivity contribution is 0.279. The summed E-state index contributed by atoms with van der Waals surface area (Å²) in [7, 11) is 0. The lowest BCUT2D eigenvalue weighted by Gasteiger charge is -2.23. The molecule has 11 heavy (non-hydrogen) atoms. The van der Waals surface area contributed by atoms with Crippen LogP contribution in [0.5, 0.6) is 0 Å². The first-order valence-electron chi connectivity index (χ1n) is 4.62. The minimum atomic E-state index is 0.669. The second-order valence-electron chi connectivity index (χ2n) is 3.66. The normalized spacial score (nSPS) is 18.9. The molecular weight excluding hydrogens is 134 g/mol. The first kappa shape index (κ1) is 10.7. The third-order valence-corrected chi connectivity index (χ3v) is 2.93. The van der Waals surface area contributed by atoms with Crippen molar-refractivity contribution in [1.82, 2.24) is 0 Å². The molecule has 1 nitrogen and oxygen atoms in total. The van der Waals surface area contributed by atoms with Gasteiger partial charge in [0.25, 0.3) is 0 Å². The van der Waals surface area contributed by atoms with Crippen molar-refractivity contribution in [2.75, 3.05) is 0 Å². The summed E-state index contributed by atoms with van der Waals surface area (Å²) in [6.45, 7) is 9.06. The van der Waals surface area contributed by atoms with Crippen molar-refractivity contribution in [2.45, 2.75) is 40.5 Å². The molecule has 0 aliphatic carbocycles. The monoisotopic (exact) mass is 155 g/mol. The third kappa shape index (κ3) is 3.54. The van der Waals surface area contributed by atoms with Gasteiger partial charge in [0.15, 0.2) is 0 Å². The third-order valence-electron chi connectivity index (χ3n) is 2.93. The maximum atomic E-state index is 7.00. The Hall–Kier alpha value is -0.330. The second-order valence-corrected chi connectivity index (χ2v) is 3.66. The lowest BCUT2D eigenvalue weighted by Crippen LogP contribution is -2.16. The fourth-order valence-electron chi connectivity index (χ4n) is 1.33. The summed E-state index contributed by atoms with van der Waals surface area (Å²) in [5, 5.41) is 7.00. The average molecular weight is 155 g/mol. The molecule has 0 amide bonds. The Bertz CT molecular complexity index is 109. The molecule has 1 N–H and O–H groups in total. The van der Waals surface area contributed by atoms with E-state index in [1.54, 1.807) is 0 Å². The minimum Gasteiger partial charge on any atom is -0.313 e. The van der Waals surface area contributed by atoms with Gasteiger partial charge in [-0.05, 0) is 30.4 Å². The molecule has 0 aromatic rings. The van der Waals surface area contributed by atoms with Crippen LogP contribution in [-0.2, 0) is 0 Å². The van der Waals surface area contributed by atoms with Crippen LogP contribution in [0.1, 0.15) is 40.5 Å². The van der Waals surface area contributed by atoms with E-state index in [9.17, 15) is 0 Å². The molecule has 1 unspecified atom stereocenters. The van der Waals surface area contributed by atoms with Gasteiger partial charge in [-0.25, -0.2) is 0 Å². The van der Waals surface area contributed by atoms with Gasteiger partial charge in [-0.1, -0.05) is 34.1 Å². The fraction of sp³-hybridized carbons (Fsp3) is 0.900. The van der Waals surface area contributed by atoms with Crippen molar-refractivity contribution in [2.24, 2.45) is 17.8 Å². The summed E-state index contributed by atoms with van der Waals surface area (Å²) in [5.41, 5.74) is 0. The maximum absolute atomic E-state index is 7.00. The molecular formula is C10H21N. The summed E-state index contributed by atoms with van der Waals surface area (Å²) < 4.78 is 0. The zero-order chi connectivity index (χ0) is 8.85. The van der Waals surface area contributed by atoms with Crippen LogP contribution in [0.3, 0.4) is 0 Å². The molecule has 0 aromatic carbocycles. The molecule has 0 radical (unpaired) electrons. The van der Waals surface area contributed by atoms with Gasteiger partial charge in [-0.15, -0.1) is 0 Å². The molecule has 3 atom stereocenters. The highest BCUT2D eigenvalue weighted by Crippen LogP contribution is 2.24. The van der Waals surface area contributed by atoms with Crippen LogP contribution < -0.4 is 0 Å². The maximum Gasteiger partial charge on any atom is -0.00450 e. The van der Waals surface area contributed by atoms with Gasteiger partial charge in [0.2, 0.25) is 0 Å². The molecule has 0 aliphatic heterocycles. The standard InChI is InChI=1S/C10H21N/c1-5-8(2)10(4)9(3)6-7-11/h7-11H,5-6H2,1-4H3/t8-,9?,10+/m1/s1. The van der Waals surface area contributed by atoms with Crippen molar-refractivity contribution in [3.05, 3.63) is 0 Å². The first-order chi connectivity index (χ1) is 5.13. The second kappa shape index (κ2) is 5.34. The van der Waals surface area contributed by atoms with Gasteiger partial charge in [-0.2, -0.15) is 0 Å². The Balaban J connectivity index is 3.79. The van der Waals surface area contributed by atoms with E-state index in [0.29, 0.717) is 5.92 Å². The molecule has 0 bridgehead atoms. The zero-order valence-corrected chi connectivity index (χ0v) is 8.22. The summed E-state index contributed by atoms with van der Waals surface area (Å²) in [5.74, 6) is 2.22. The Morgan fingerprint density at radius 3 is 2.09 bits per heavy atom. The van der Waals surface area contributed by atoms with Crippen LogP contribution in [-0.4, -0.2) is 6.21 Å². The molecule has 1 heteroatoms. The van der Waals surface area contributed by atoms with Gasteiger partial charge in [-0.3, -0.25) is 0 Å². The molecule has 66 valence electrons. The molecule has 0 aliphatic rings. The predicted molar refractivity (Wildman–Crippen MR) is 51.2 cm³/mol. The molecule has 0 saturated heterocycles. The fourth-order valence-corrected chi connectivity index (χ4v) is 1.33. The van der Waals surface area contributed by atoms with Crippen LogP contribution in [0, 0.1) is 23.2 Å². The Labute approximate surface area is 70.7 Å². The Kier molecular flexibility index (Phi) is 5.18. The van der Waals surface area contributed by atoms with Crippen LogP contribution >= 0.6 is 0 Å². The minimum absolute atomic E-state index is 0.669. The van der Waals surface area contributed by atoms with Crippen molar-refractivity contribution in [1.29, 1.82) is 5.41 Å². The van der Waals surface area contributed by atoms with Crippen molar-refractivity contribution in [3.63, 3.8) is 0 Å². The van der Waals surface area contributed by atoms with E-state index in [1.165, 1.54) is 12.6 Å². The smallest absolute Gasteiger partial charge is 0.00450 e. The Morgan fingerprint density at radius 2 is 1.73 bits per heavy atom. The van der Waals surface area contributed by atoms with E-state index in [2.05, 4.69) is 27.7 Å². The van der Waals surface area contributed by atoms with Crippen LogP contribution in [0.25, 0.3) is 0 Å². The summed E-state index contributed by atoms with van der Waals surface area (Å²) in [6.07, 6.45) is 3.72. The van der Waals surface area contributed by atoms with E-state index in [4.69, 9.17) is 5.41 Å². The molecule has 0 aromatic heterocycles. The summed E-state index contributed by atoms with van der Waals surface area (Å²) in [4.78, 5) is 0. The molecule has 0 fully saturated rings. The van der Waals surface area contributed by atoms with Gasteiger partial charge >= 0.3 is 0 Å². The van der Waals surface area contributed by atoms with Crippen LogP contribution in [0.2, 0.25) is 0 Å². The van der Waals surface area contributed by atoms with Crippen molar-refractivity contribution in [3.8, 4) is 0 Å². The molecule has 0 spiro atoms. The Morgan fingerprint density at radius 1 is 1.18 bits per heavy atom. The van der Waals surface area contributed by atoms with E-state index >= 15 is 0 Å². The number of hydrogen-bond acceptors (Lipinski definition) is 1. The van der Waals surface area contributed by atoms with E-state index in [0.717, 1.165) is 18.3 Å². The van der Waals surface area contributed by atoms with E-state index in [-0.39, 0.29) is 0 Å². The predicted octanol–water partition coefficient (Wildman–Crippen LogP) is 3.34. The number of nitrogens with one attached hydrogen (secondary N) is 1. The zero-order valence-electron chi connectivity index (χ0n) is 8.22. The highest BCUT2D eigenvalue weighted by atomic mass is 14.3. The largest absolute Gasteiger partial charge is 0.313 e. The van der Waals surface area contributed by atoms with Gasteiger partial charge in [0.1, 0.15) is 0 Å².